The lowest BCUT2D eigenvalue weighted by molar-refractivity contribution is -0.145. The highest BCUT2D eigenvalue weighted by Gasteiger charge is 2.29. The number of benzene rings is 2. The van der Waals surface area contributed by atoms with Gasteiger partial charge in [0, 0.05) is 29.4 Å². The van der Waals surface area contributed by atoms with E-state index in [4.69, 9.17) is 38.4 Å². The number of ether oxygens (including phenoxy) is 2. The Morgan fingerprint density at radius 1 is 1.22 bits per heavy atom. The van der Waals surface area contributed by atoms with Crippen LogP contribution in [0.15, 0.2) is 65.9 Å². The van der Waals surface area contributed by atoms with E-state index in [1.165, 1.54) is 17.6 Å². The van der Waals surface area contributed by atoms with E-state index in [0.29, 0.717) is 27.2 Å². The first-order valence-corrected chi connectivity index (χ1v) is 17.3. The summed E-state index contributed by atoms with van der Waals surface area (Å²) in [7, 11) is 0. The van der Waals surface area contributed by atoms with Gasteiger partial charge >= 0.3 is 12.1 Å². The first kappa shape index (κ1) is 35.5. The SMILES string of the molecule is Cc1c(Cl)c2cc(Cl)cnc2n1-c1cc(CC2CCC2)c2c(O[C@H](Cc3ccccc3OCC(C=CN)=NCC(F)(F)F)C(=O)O)nsc2c1. The van der Waals surface area contributed by atoms with Gasteiger partial charge in [-0.3, -0.25) is 9.56 Å². The number of hydrogen-bond acceptors (Lipinski definition) is 8. The zero-order chi connectivity index (χ0) is 35.6. The van der Waals surface area contributed by atoms with Crippen LogP contribution in [0, 0.1) is 12.8 Å². The fourth-order valence-electron chi connectivity index (χ4n) is 5.95. The van der Waals surface area contributed by atoms with Crippen LogP contribution in [-0.2, 0) is 17.6 Å². The van der Waals surface area contributed by atoms with E-state index < -0.39 is 24.8 Å². The van der Waals surface area contributed by atoms with E-state index in [9.17, 15) is 23.1 Å². The van der Waals surface area contributed by atoms with E-state index in [0.717, 1.165) is 64.3 Å². The van der Waals surface area contributed by atoms with Gasteiger partial charge in [-0.15, -0.1) is 0 Å². The summed E-state index contributed by atoms with van der Waals surface area (Å²) >= 11 is 14.2. The molecule has 9 nitrogen and oxygen atoms in total. The summed E-state index contributed by atoms with van der Waals surface area (Å²) in [5.41, 5.74) is 9.13. The average molecular weight is 747 g/mol. The van der Waals surface area contributed by atoms with Crippen LogP contribution in [-0.4, -0.2) is 56.1 Å². The van der Waals surface area contributed by atoms with Crippen LogP contribution in [0.25, 0.3) is 26.8 Å². The van der Waals surface area contributed by atoms with Crippen LogP contribution < -0.4 is 15.2 Å². The summed E-state index contributed by atoms with van der Waals surface area (Å²) in [5.74, 6) is -0.259. The second-order valence-electron chi connectivity index (χ2n) is 12.1. The number of carboxylic acid groups (broad SMARTS) is 1. The van der Waals surface area contributed by atoms with Gasteiger partial charge in [-0.2, -0.15) is 17.5 Å². The second-order valence-corrected chi connectivity index (χ2v) is 13.7. The number of fused-ring (bicyclic) bond motifs is 2. The number of pyridine rings is 1. The summed E-state index contributed by atoms with van der Waals surface area (Å²) in [6.45, 7) is 0.214. The molecule has 1 aliphatic rings. The van der Waals surface area contributed by atoms with Gasteiger partial charge in [0.2, 0.25) is 12.0 Å². The van der Waals surface area contributed by atoms with E-state index in [1.54, 1.807) is 36.5 Å². The largest absolute Gasteiger partial charge is 0.487 e. The lowest BCUT2D eigenvalue weighted by Gasteiger charge is -2.26. The molecule has 0 bridgehead atoms. The molecule has 1 aliphatic carbocycles. The summed E-state index contributed by atoms with van der Waals surface area (Å²) in [6.07, 6.45) is 2.01. The van der Waals surface area contributed by atoms with Crippen LogP contribution in [0.2, 0.25) is 10.0 Å². The number of alkyl halides is 3. The van der Waals surface area contributed by atoms with Gasteiger partial charge in [-0.05, 0) is 78.5 Å². The van der Waals surface area contributed by atoms with E-state index >= 15 is 0 Å². The predicted molar refractivity (Wildman–Crippen MR) is 189 cm³/mol. The molecule has 2 aromatic carbocycles. The number of halogens is 5. The number of carboxylic acids is 1. The molecule has 6 rings (SSSR count). The lowest BCUT2D eigenvalue weighted by Crippen LogP contribution is -2.30. The molecule has 262 valence electrons. The molecule has 0 amide bonds. The molecule has 5 aromatic rings. The molecule has 50 heavy (non-hydrogen) atoms. The summed E-state index contributed by atoms with van der Waals surface area (Å²) in [4.78, 5) is 20.7. The highest BCUT2D eigenvalue weighted by molar-refractivity contribution is 7.13. The first-order valence-electron chi connectivity index (χ1n) is 15.7. The van der Waals surface area contributed by atoms with Crippen molar-refractivity contribution in [3.63, 3.8) is 0 Å². The van der Waals surface area contributed by atoms with E-state index in [2.05, 4.69) is 20.4 Å². The number of carbonyl (C=O) groups is 1. The predicted octanol–water partition coefficient (Wildman–Crippen LogP) is 8.52. The smallest absolute Gasteiger partial charge is 0.407 e. The maximum absolute atomic E-state index is 12.8. The topological polar surface area (TPSA) is 125 Å². The number of hydrogen-bond donors (Lipinski definition) is 2. The van der Waals surface area contributed by atoms with E-state index in [1.807, 2.05) is 17.6 Å². The third-order valence-corrected chi connectivity index (χ3v) is 10.0. The Kier molecular flexibility index (Phi) is 10.6. The van der Waals surface area contributed by atoms with Crippen molar-refractivity contribution in [3.05, 3.63) is 87.8 Å². The average Bonchev–Trinajstić information content (AvgIpc) is 3.57. The van der Waals surface area contributed by atoms with Crippen LogP contribution in [0.1, 0.15) is 36.1 Å². The zero-order valence-corrected chi connectivity index (χ0v) is 29.0. The fraction of sp³-hybridized carbons (Fsp3) is 0.314. The Bertz CT molecular complexity index is 2110. The molecular weight excluding hydrogens is 714 g/mol. The van der Waals surface area contributed by atoms with Crippen molar-refractivity contribution in [1.82, 2.24) is 13.9 Å². The van der Waals surface area contributed by atoms with Gasteiger partial charge < -0.3 is 20.3 Å². The quantitative estimate of drug-likeness (QED) is 0.116. The Hall–Kier alpha value is -4.33. The van der Waals surface area contributed by atoms with Crippen molar-refractivity contribution in [2.24, 2.45) is 16.6 Å². The Morgan fingerprint density at radius 2 is 2.00 bits per heavy atom. The molecule has 15 heteroatoms. The van der Waals surface area contributed by atoms with Crippen molar-refractivity contribution < 1.29 is 32.5 Å². The van der Waals surface area contributed by atoms with Crippen molar-refractivity contribution in [3.8, 4) is 17.3 Å². The lowest BCUT2D eigenvalue weighted by atomic mass is 9.80. The van der Waals surface area contributed by atoms with Gasteiger partial charge in [0.1, 0.15) is 24.5 Å². The zero-order valence-electron chi connectivity index (χ0n) is 26.7. The normalized spacial score (nSPS) is 14.8. The highest BCUT2D eigenvalue weighted by atomic mass is 35.5. The minimum absolute atomic E-state index is 0.0251. The second kappa shape index (κ2) is 14.9. The monoisotopic (exact) mass is 745 g/mol. The van der Waals surface area contributed by atoms with Crippen LogP contribution in [0.3, 0.4) is 0 Å². The third-order valence-electron chi connectivity index (χ3n) is 8.57. The Morgan fingerprint density at radius 3 is 2.70 bits per heavy atom. The van der Waals surface area contributed by atoms with Crippen molar-refractivity contribution in [1.29, 1.82) is 0 Å². The standard InChI is InChI=1S/C35H32Cl2F3N5O4S/c1-19-31(37)26-14-23(36)16-42-32(26)45(19)25-12-22(11-20-5-4-6-20)30-29(15-25)50-44-33(30)49-28(34(46)47)13-21-7-2-3-8-27(21)48-17-24(9-10-41)43-18-35(38,39)40/h2-3,7-10,12,14-16,20,28H,4-6,11,13,17-18,41H2,1H3,(H,46,47)/t28-/m1/s1. The molecule has 1 saturated carbocycles. The van der Waals surface area contributed by atoms with Gasteiger partial charge in [0.25, 0.3) is 0 Å². The third kappa shape index (κ3) is 7.85. The number of nitrogens with two attached hydrogens (primary N) is 1. The van der Waals surface area contributed by atoms with Gasteiger partial charge in [-0.25, -0.2) is 9.78 Å². The van der Waals surface area contributed by atoms with Crippen LogP contribution >= 0.6 is 34.7 Å². The van der Waals surface area contributed by atoms with Gasteiger partial charge in [-0.1, -0.05) is 60.7 Å². The first-order chi connectivity index (χ1) is 23.9. The maximum atomic E-state index is 12.8. The fourth-order valence-corrected chi connectivity index (χ4v) is 7.13. The molecule has 3 N–H and O–H groups in total. The number of rotatable bonds is 13. The molecule has 0 unspecified atom stereocenters. The van der Waals surface area contributed by atoms with Crippen LogP contribution in [0.5, 0.6) is 11.6 Å². The Balaban J connectivity index is 1.31. The van der Waals surface area contributed by atoms with Crippen molar-refractivity contribution in [2.75, 3.05) is 13.2 Å². The van der Waals surface area contributed by atoms with Gasteiger partial charge in [0.05, 0.1) is 25.8 Å². The molecule has 3 aromatic heterocycles. The maximum Gasteiger partial charge on any atom is 0.407 e. The molecule has 1 fully saturated rings. The minimum atomic E-state index is -4.49. The number of aliphatic imine (C=N–C) groups is 1. The highest BCUT2D eigenvalue weighted by Crippen LogP contribution is 2.41. The van der Waals surface area contributed by atoms with Crippen molar-refractivity contribution >= 4 is 67.5 Å². The molecule has 0 radical (unpaired) electrons. The van der Waals surface area contributed by atoms with E-state index in [-0.39, 0.29) is 30.4 Å². The number of para-hydroxylation sites is 1. The summed E-state index contributed by atoms with van der Waals surface area (Å²) in [5, 5.41) is 12.8. The molecule has 1 atom stereocenters. The number of nitrogens with zero attached hydrogens (tertiary/aromatic N) is 4. The molecule has 3 heterocycles. The van der Waals surface area contributed by atoms with Gasteiger partial charge in [0.15, 0.2) is 0 Å². The molecular formula is C35H32Cl2F3N5O4S. The molecule has 0 saturated heterocycles. The van der Waals surface area contributed by atoms with Crippen LogP contribution in [0.4, 0.5) is 13.2 Å². The minimum Gasteiger partial charge on any atom is -0.487 e. The number of aliphatic carboxylic acids is 1. The summed E-state index contributed by atoms with van der Waals surface area (Å²) < 4.78 is 57.6. The molecule has 0 aliphatic heterocycles. The molecule has 0 spiro atoms. The summed E-state index contributed by atoms with van der Waals surface area (Å²) in [6, 6.07) is 12.5. The Labute approximate surface area is 299 Å². The number of aromatic nitrogens is 3. The van der Waals surface area contributed by atoms with Crippen molar-refractivity contribution in [2.45, 2.75) is 51.3 Å².